The van der Waals surface area contributed by atoms with Gasteiger partial charge in [0.2, 0.25) is 0 Å². The van der Waals surface area contributed by atoms with E-state index in [4.69, 9.17) is 5.73 Å². The fourth-order valence-corrected chi connectivity index (χ4v) is 3.07. The zero-order valence-electron chi connectivity index (χ0n) is 10.6. The molecule has 0 aromatic heterocycles. The highest BCUT2D eigenvalue weighted by molar-refractivity contribution is 5.73. The van der Waals surface area contributed by atoms with Crippen molar-refractivity contribution in [2.24, 2.45) is 5.73 Å². The summed E-state index contributed by atoms with van der Waals surface area (Å²) in [5, 5.41) is 0. The summed E-state index contributed by atoms with van der Waals surface area (Å²) in [5.74, 6) is 0.734. The lowest BCUT2D eigenvalue weighted by atomic mass is 9.73. The van der Waals surface area contributed by atoms with Gasteiger partial charge in [0, 0.05) is 12.1 Å². The van der Waals surface area contributed by atoms with Gasteiger partial charge in [-0.25, -0.2) is 0 Å². The Morgan fingerprint density at radius 1 is 1.24 bits per heavy atom. The molecule has 0 bridgehead atoms. The van der Waals surface area contributed by atoms with Crippen molar-refractivity contribution < 1.29 is 0 Å². The summed E-state index contributed by atoms with van der Waals surface area (Å²) in [6.45, 7) is 4.52. The Hall–Kier alpha value is -1.50. The van der Waals surface area contributed by atoms with E-state index in [1.54, 1.807) is 5.56 Å². The highest BCUT2D eigenvalue weighted by Crippen LogP contribution is 2.41. The van der Waals surface area contributed by atoms with Gasteiger partial charge in [0.1, 0.15) is 0 Å². The largest absolute Gasteiger partial charge is 0.402 e. The lowest BCUT2D eigenvalue weighted by molar-refractivity contribution is 0.657. The molecule has 2 aliphatic rings. The lowest BCUT2D eigenvalue weighted by Gasteiger charge is -2.31. The van der Waals surface area contributed by atoms with E-state index in [2.05, 4.69) is 38.1 Å². The zero-order valence-corrected chi connectivity index (χ0v) is 10.6. The van der Waals surface area contributed by atoms with Crippen LogP contribution in [0.2, 0.25) is 0 Å². The van der Waals surface area contributed by atoms with Crippen molar-refractivity contribution in [1.29, 1.82) is 0 Å². The fourth-order valence-electron chi connectivity index (χ4n) is 3.07. The topological polar surface area (TPSA) is 26.0 Å². The molecule has 1 unspecified atom stereocenters. The molecule has 3 rings (SSSR count). The molecule has 1 aromatic carbocycles. The summed E-state index contributed by atoms with van der Waals surface area (Å²) in [5.41, 5.74) is 14.5. The Balaban J connectivity index is 2.19. The first kappa shape index (κ1) is 10.6. The van der Waals surface area contributed by atoms with Crippen molar-refractivity contribution in [1.82, 2.24) is 0 Å². The maximum Gasteiger partial charge on any atom is 0.0130 e. The fraction of sp³-hybridized carbons (Fsp3) is 0.375. The van der Waals surface area contributed by atoms with Gasteiger partial charge in [-0.05, 0) is 52.7 Å². The van der Waals surface area contributed by atoms with Gasteiger partial charge in [-0.1, -0.05) is 32.1 Å². The predicted octanol–water partition coefficient (Wildman–Crippen LogP) is 3.54. The van der Waals surface area contributed by atoms with Gasteiger partial charge < -0.3 is 5.73 Å². The quantitative estimate of drug-likeness (QED) is 0.777. The lowest BCUT2D eigenvalue weighted by Crippen LogP contribution is -2.19. The van der Waals surface area contributed by atoms with Crippen LogP contribution in [0.1, 0.15) is 48.4 Å². The van der Waals surface area contributed by atoms with Gasteiger partial charge in [-0.2, -0.15) is 0 Å². The summed E-state index contributed by atoms with van der Waals surface area (Å²) < 4.78 is 0. The van der Waals surface area contributed by atoms with Gasteiger partial charge >= 0.3 is 0 Å². The first-order valence-electron chi connectivity index (χ1n) is 6.51. The van der Waals surface area contributed by atoms with Gasteiger partial charge in [0.05, 0.1) is 0 Å². The van der Waals surface area contributed by atoms with Crippen LogP contribution in [0.25, 0.3) is 5.57 Å². The summed E-state index contributed by atoms with van der Waals surface area (Å²) in [6, 6.07) is 4.61. The Morgan fingerprint density at radius 3 is 2.76 bits per heavy atom. The molecule has 0 heterocycles. The SMILES string of the molecule is CCC1=CC=C(N)Cc2c1ccc1c2CC1C. The van der Waals surface area contributed by atoms with Gasteiger partial charge in [0.15, 0.2) is 0 Å². The number of nitrogens with two attached hydrogens (primary N) is 1. The Bertz CT molecular complexity index is 535. The minimum absolute atomic E-state index is 0.734. The van der Waals surface area contributed by atoms with Crippen molar-refractivity contribution in [3.05, 3.63) is 52.2 Å². The van der Waals surface area contributed by atoms with Gasteiger partial charge in [-0.3, -0.25) is 0 Å². The minimum Gasteiger partial charge on any atom is -0.402 e. The second-order valence-corrected chi connectivity index (χ2v) is 5.23. The van der Waals surface area contributed by atoms with E-state index in [0.717, 1.165) is 24.5 Å². The van der Waals surface area contributed by atoms with E-state index in [-0.39, 0.29) is 0 Å². The Kier molecular flexibility index (Phi) is 2.36. The van der Waals surface area contributed by atoms with E-state index in [1.807, 2.05) is 0 Å². The van der Waals surface area contributed by atoms with Crippen LogP contribution in [0.4, 0.5) is 0 Å². The van der Waals surface area contributed by atoms with Crippen molar-refractivity contribution in [2.45, 2.75) is 39.0 Å². The molecule has 2 N–H and O–H groups in total. The van der Waals surface area contributed by atoms with Crippen LogP contribution in [-0.4, -0.2) is 0 Å². The molecule has 0 saturated heterocycles. The van der Waals surface area contributed by atoms with Crippen LogP contribution in [0.15, 0.2) is 30.0 Å². The Morgan fingerprint density at radius 2 is 2.06 bits per heavy atom. The highest BCUT2D eigenvalue weighted by atomic mass is 14.6. The van der Waals surface area contributed by atoms with E-state index < -0.39 is 0 Å². The maximum atomic E-state index is 6.06. The molecular formula is C16H19N. The van der Waals surface area contributed by atoms with Crippen LogP contribution in [-0.2, 0) is 12.8 Å². The highest BCUT2D eigenvalue weighted by Gasteiger charge is 2.27. The molecule has 0 amide bonds. The number of hydrogen-bond acceptors (Lipinski definition) is 1. The van der Waals surface area contributed by atoms with Crippen molar-refractivity contribution in [3.63, 3.8) is 0 Å². The molecule has 1 aromatic rings. The summed E-state index contributed by atoms with van der Waals surface area (Å²) in [6.07, 6.45) is 7.49. The molecule has 88 valence electrons. The third kappa shape index (κ3) is 1.53. The van der Waals surface area contributed by atoms with E-state index in [9.17, 15) is 0 Å². The smallest absolute Gasteiger partial charge is 0.0130 e. The first-order valence-corrected chi connectivity index (χ1v) is 6.51. The molecule has 0 saturated carbocycles. The van der Waals surface area contributed by atoms with Crippen LogP contribution in [0, 0.1) is 0 Å². The predicted molar refractivity (Wildman–Crippen MR) is 72.8 cm³/mol. The second kappa shape index (κ2) is 3.76. The monoisotopic (exact) mass is 225 g/mol. The average Bonchev–Trinajstić information content (AvgIpc) is 2.46. The zero-order chi connectivity index (χ0) is 12.0. The molecular weight excluding hydrogens is 206 g/mol. The number of fused-ring (bicyclic) bond motifs is 3. The molecule has 0 spiro atoms. The molecule has 0 radical (unpaired) electrons. The van der Waals surface area contributed by atoms with Crippen LogP contribution < -0.4 is 5.73 Å². The summed E-state index contributed by atoms with van der Waals surface area (Å²) >= 11 is 0. The van der Waals surface area contributed by atoms with Crippen molar-refractivity contribution >= 4 is 5.57 Å². The molecule has 0 fully saturated rings. The van der Waals surface area contributed by atoms with Crippen LogP contribution in [0.5, 0.6) is 0 Å². The standard InChI is InChI=1S/C16H19N/c1-3-11-4-5-12(17)9-16-14(11)7-6-13-10(2)8-15(13)16/h4-7,10H,3,8-9,17H2,1-2H3. The van der Waals surface area contributed by atoms with E-state index in [0.29, 0.717) is 0 Å². The molecule has 1 nitrogen and oxygen atoms in total. The molecule has 0 aliphatic heterocycles. The summed E-state index contributed by atoms with van der Waals surface area (Å²) in [4.78, 5) is 0. The second-order valence-electron chi connectivity index (χ2n) is 5.23. The molecule has 1 atom stereocenters. The molecule has 2 aliphatic carbocycles. The number of allylic oxidation sites excluding steroid dienone is 4. The van der Waals surface area contributed by atoms with E-state index in [1.165, 1.54) is 28.7 Å². The van der Waals surface area contributed by atoms with Crippen LogP contribution >= 0.6 is 0 Å². The van der Waals surface area contributed by atoms with Crippen molar-refractivity contribution in [3.8, 4) is 0 Å². The maximum absolute atomic E-state index is 6.06. The minimum atomic E-state index is 0.734. The van der Waals surface area contributed by atoms with Crippen LogP contribution in [0.3, 0.4) is 0 Å². The third-order valence-corrected chi connectivity index (χ3v) is 4.11. The molecule has 1 heteroatoms. The number of hydrogen-bond donors (Lipinski definition) is 1. The third-order valence-electron chi connectivity index (χ3n) is 4.11. The molecule has 17 heavy (non-hydrogen) atoms. The normalized spacial score (nSPS) is 21.6. The van der Waals surface area contributed by atoms with Gasteiger partial charge in [0.25, 0.3) is 0 Å². The van der Waals surface area contributed by atoms with Gasteiger partial charge in [-0.15, -0.1) is 0 Å². The van der Waals surface area contributed by atoms with Crippen molar-refractivity contribution in [2.75, 3.05) is 0 Å². The van der Waals surface area contributed by atoms with E-state index >= 15 is 0 Å². The number of rotatable bonds is 1. The summed E-state index contributed by atoms with van der Waals surface area (Å²) in [7, 11) is 0. The Labute approximate surface area is 103 Å². The first-order chi connectivity index (χ1) is 8.20. The number of benzene rings is 1. The average molecular weight is 225 g/mol.